The number of aromatic nitrogens is 1. The lowest BCUT2D eigenvalue weighted by Gasteiger charge is -2.29. The predicted octanol–water partition coefficient (Wildman–Crippen LogP) is 2.92. The first kappa shape index (κ1) is 19.4. The minimum Gasteiger partial charge on any atom is -0.352 e. The highest BCUT2D eigenvalue weighted by atomic mass is 32.2. The maximum atomic E-state index is 12.6. The van der Waals surface area contributed by atoms with Crippen molar-refractivity contribution < 1.29 is 13.2 Å². The summed E-state index contributed by atoms with van der Waals surface area (Å²) in [6.07, 6.45) is 5.19. The maximum Gasteiger partial charge on any atom is 0.251 e. The second kappa shape index (κ2) is 7.83. The monoisotopic (exact) mass is 409 g/mol. The van der Waals surface area contributed by atoms with Crippen LogP contribution in [-0.2, 0) is 22.9 Å². The molecule has 1 N–H and O–H groups in total. The predicted molar refractivity (Wildman–Crippen MR) is 115 cm³/mol. The molecule has 150 valence electrons. The van der Waals surface area contributed by atoms with Crippen molar-refractivity contribution in [3.8, 4) is 0 Å². The van der Waals surface area contributed by atoms with Crippen LogP contribution in [0.2, 0.25) is 0 Å². The van der Waals surface area contributed by atoms with E-state index in [-0.39, 0.29) is 5.91 Å². The van der Waals surface area contributed by atoms with Gasteiger partial charge in [-0.05, 0) is 54.7 Å². The van der Waals surface area contributed by atoms with Gasteiger partial charge in [0.05, 0.1) is 17.5 Å². The van der Waals surface area contributed by atoms with Crippen LogP contribution in [0, 0.1) is 0 Å². The van der Waals surface area contributed by atoms with Gasteiger partial charge >= 0.3 is 0 Å². The number of nitrogens with one attached hydrogen (secondary N) is 1. The van der Waals surface area contributed by atoms with E-state index in [0.29, 0.717) is 30.8 Å². The number of para-hydroxylation sites is 1. The van der Waals surface area contributed by atoms with Gasteiger partial charge in [0, 0.05) is 30.2 Å². The van der Waals surface area contributed by atoms with E-state index in [4.69, 9.17) is 0 Å². The number of sulfonamides is 1. The fraction of sp³-hybridized carbons (Fsp3) is 0.273. The molecule has 1 aliphatic rings. The molecule has 2 aromatic carbocycles. The van der Waals surface area contributed by atoms with Crippen LogP contribution in [0.1, 0.15) is 27.9 Å². The van der Waals surface area contributed by atoms with Gasteiger partial charge in [-0.15, -0.1) is 0 Å². The third-order valence-electron chi connectivity index (χ3n) is 5.21. The number of anilines is 1. The summed E-state index contributed by atoms with van der Waals surface area (Å²) in [5.41, 5.74) is 4.18. The maximum absolute atomic E-state index is 12.6. The van der Waals surface area contributed by atoms with E-state index >= 15 is 0 Å². The van der Waals surface area contributed by atoms with E-state index < -0.39 is 10.0 Å². The van der Waals surface area contributed by atoms with Crippen LogP contribution in [-0.4, -0.2) is 38.7 Å². The van der Waals surface area contributed by atoms with E-state index in [1.165, 1.54) is 10.6 Å². The smallest absolute Gasteiger partial charge is 0.251 e. The summed E-state index contributed by atoms with van der Waals surface area (Å²) in [5, 5.41) is 4.05. The second-order valence-electron chi connectivity index (χ2n) is 7.28. The Balaban J connectivity index is 1.45. The largest absolute Gasteiger partial charge is 0.352 e. The Morgan fingerprint density at radius 1 is 1.17 bits per heavy atom. The Morgan fingerprint density at radius 2 is 2.00 bits per heavy atom. The number of carbonyl (C=O) groups excluding carboxylic acids is 1. The van der Waals surface area contributed by atoms with Crippen molar-refractivity contribution >= 4 is 32.5 Å². The van der Waals surface area contributed by atoms with Crippen LogP contribution < -0.4 is 9.62 Å². The van der Waals surface area contributed by atoms with Crippen LogP contribution in [0.25, 0.3) is 10.9 Å². The highest BCUT2D eigenvalue weighted by Gasteiger charge is 2.24. The molecule has 0 fully saturated rings. The molecule has 0 aliphatic carbocycles. The molecule has 6 nitrogen and oxygen atoms in total. The lowest BCUT2D eigenvalue weighted by Crippen LogP contribution is -2.34. The summed E-state index contributed by atoms with van der Waals surface area (Å²) in [6.45, 7) is 0.984. The third-order valence-corrected chi connectivity index (χ3v) is 6.39. The molecule has 0 saturated carbocycles. The number of aryl methyl sites for hydroxylation is 1. The summed E-state index contributed by atoms with van der Waals surface area (Å²) in [7, 11) is -3.31. The van der Waals surface area contributed by atoms with Gasteiger partial charge in [-0.2, -0.15) is 0 Å². The molecule has 0 spiro atoms. The minimum atomic E-state index is -3.31. The lowest BCUT2D eigenvalue weighted by atomic mass is 10.0. The van der Waals surface area contributed by atoms with Gasteiger partial charge in [0.2, 0.25) is 10.0 Å². The molecule has 2 heterocycles. The summed E-state index contributed by atoms with van der Waals surface area (Å²) in [6, 6.07) is 15.2. The normalized spacial score (nSPS) is 13.9. The van der Waals surface area contributed by atoms with E-state index in [2.05, 4.69) is 10.3 Å². The molecule has 1 aromatic heterocycles. The Labute approximate surface area is 170 Å². The standard InChI is InChI=1S/C22H23N3O3S/c1-29(27,28)25-14-4-8-18-15-19(9-10-20(18)25)22(26)24-13-11-17-6-2-5-16-7-3-12-23-21(16)17/h2-3,5-7,9-10,12,15H,4,8,11,13-14H2,1H3,(H,24,26). The van der Waals surface area contributed by atoms with Crippen molar-refractivity contribution in [3.05, 3.63) is 71.4 Å². The van der Waals surface area contributed by atoms with E-state index in [1.54, 1.807) is 18.3 Å². The minimum absolute atomic E-state index is 0.155. The number of nitrogens with zero attached hydrogens (tertiary/aromatic N) is 2. The SMILES string of the molecule is CS(=O)(=O)N1CCCc2cc(C(=O)NCCc3cccc4cccnc34)ccc21. The molecule has 0 atom stereocenters. The topological polar surface area (TPSA) is 79.4 Å². The van der Waals surface area contributed by atoms with Crippen molar-refractivity contribution in [3.63, 3.8) is 0 Å². The Kier molecular flexibility index (Phi) is 5.24. The summed E-state index contributed by atoms with van der Waals surface area (Å²) < 4.78 is 25.4. The summed E-state index contributed by atoms with van der Waals surface area (Å²) in [5.74, 6) is -0.155. The Morgan fingerprint density at radius 3 is 2.83 bits per heavy atom. The molecule has 0 radical (unpaired) electrons. The van der Waals surface area contributed by atoms with Gasteiger partial charge in [0.15, 0.2) is 0 Å². The molecule has 1 amide bonds. The first-order valence-corrected chi connectivity index (χ1v) is 11.5. The van der Waals surface area contributed by atoms with Crippen molar-refractivity contribution in [2.24, 2.45) is 0 Å². The van der Waals surface area contributed by atoms with Crippen LogP contribution in [0.4, 0.5) is 5.69 Å². The molecule has 0 saturated heterocycles. The van der Waals surface area contributed by atoms with Crippen molar-refractivity contribution in [1.82, 2.24) is 10.3 Å². The summed E-state index contributed by atoms with van der Waals surface area (Å²) in [4.78, 5) is 17.0. The zero-order chi connectivity index (χ0) is 20.4. The first-order chi connectivity index (χ1) is 13.9. The molecular formula is C22H23N3O3S. The number of amides is 1. The van der Waals surface area contributed by atoms with Crippen LogP contribution in [0.15, 0.2) is 54.7 Å². The van der Waals surface area contributed by atoms with Crippen molar-refractivity contribution in [1.29, 1.82) is 0 Å². The van der Waals surface area contributed by atoms with Crippen LogP contribution >= 0.6 is 0 Å². The number of benzene rings is 2. The van der Waals surface area contributed by atoms with Gasteiger partial charge in [0.1, 0.15) is 0 Å². The third kappa shape index (κ3) is 4.10. The van der Waals surface area contributed by atoms with Gasteiger partial charge < -0.3 is 5.32 Å². The molecule has 1 aliphatic heterocycles. The van der Waals surface area contributed by atoms with Crippen LogP contribution in [0.3, 0.4) is 0 Å². The molecule has 0 unspecified atom stereocenters. The number of pyridine rings is 1. The molecule has 3 aromatic rings. The molecule has 29 heavy (non-hydrogen) atoms. The average Bonchev–Trinajstić information content (AvgIpc) is 2.72. The fourth-order valence-electron chi connectivity index (χ4n) is 3.83. The van der Waals surface area contributed by atoms with Gasteiger partial charge in [-0.3, -0.25) is 14.1 Å². The average molecular weight is 410 g/mol. The zero-order valence-corrected chi connectivity index (χ0v) is 17.1. The lowest BCUT2D eigenvalue weighted by molar-refractivity contribution is 0.0954. The number of hydrogen-bond acceptors (Lipinski definition) is 4. The first-order valence-electron chi connectivity index (χ1n) is 9.65. The molecule has 7 heteroatoms. The number of hydrogen-bond donors (Lipinski definition) is 1. The number of rotatable bonds is 5. The fourth-order valence-corrected chi connectivity index (χ4v) is 4.83. The zero-order valence-electron chi connectivity index (χ0n) is 16.3. The number of carbonyl (C=O) groups is 1. The van der Waals surface area contributed by atoms with E-state index in [9.17, 15) is 13.2 Å². The van der Waals surface area contributed by atoms with Crippen molar-refractivity contribution in [2.45, 2.75) is 19.3 Å². The van der Waals surface area contributed by atoms with E-state index in [1.807, 2.05) is 36.4 Å². The van der Waals surface area contributed by atoms with Gasteiger partial charge in [-0.25, -0.2) is 8.42 Å². The Bertz CT molecular complexity index is 1170. The van der Waals surface area contributed by atoms with Crippen LogP contribution in [0.5, 0.6) is 0 Å². The Hall–Kier alpha value is -2.93. The van der Waals surface area contributed by atoms with Gasteiger partial charge in [-0.1, -0.05) is 24.3 Å². The molecule has 0 bridgehead atoms. The van der Waals surface area contributed by atoms with E-state index in [0.717, 1.165) is 34.9 Å². The highest BCUT2D eigenvalue weighted by Crippen LogP contribution is 2.29. The second-order valence-corrected chi connectivity index (χ2v) is 9.19. The highest BCUT2D eigenvalue weighted by molar-refractivity contribution is 7.92. The quantitative estimate of drug-likeness (QED) is 0.703. The van der Waals surface area contributed by atoms with Crippen molar-refractivity contribution in [2.75, 3.05) is 23.7 Å². The number of fused-ring (bicyclic) bond motifs is 2. The van der Waals surface area contributed by atoms with Gasteiger partial charge in [0.25, 0.3) is 5.91 Å². The summed E-state index contributed by atoms with van der Waals surface area (Å²) >= 11 is 0. The molecule has 4 rings (SSSR count). The molecular weight excluding hydrogens is 386 g/mol.